The van der Waals surface area contributed by atoms with E-state index >= 15 is 0 Å². The third-order valence-electron chi connectivity index (χ3n) is 3.25. The molecule has 0 spiro atoms. The minimum Gasteiger partial charge on any atom is -0.316 e. The number of fused-ring (bicyclic) bond motifs is 1. The number of nitrogens with one attached hydrogen (secondary N) is 1. The van der Waals surface area contributed by atoms with Gasteiger partial charge in [-0.15, -0.1) is 5.10 Å². The van der Waals surface area contributed by atoms with Crippen molar-refractivity contribution in [2.24, 2.45) is 5.92 Å². The van der Waals surface area contributed by atoms with Crippen LogP contribution in [0, 0.1) is 5.92 Å². The van der Waals surface area contributed by atoms with Crippen LogP contribution in [0.5, 0.6) is 0 Å². The molecule has 1 unspecified atom stereocenters. The lowest BCUT2D eigenvalue weighted by molar-refractivity contribution is 0.326. The van der Waals surface area contributed by atoms with Gasteiger partial charge in [-0.3, -0.25) is 0 Å². The van der Waals surface area contributed by atoms with E-state index in [1.165, 1.54) is 12.8 Å². The fourth-order valence-corrected chi connectivity index (χ4v) is 2.38. The zero-order valence-corrected chi connectivity index (χ0v) is 9.26. The maximum absolute atomic E-state index is 4.23. The molecule has 0 bridgehead atoms. The van der Waals surface area contributed by atoms with Crippen LogP contribution in [0.2, 0.25) is 0 Å². The summed E-state index contributed by atoms with van der Waals surface area (Å²) in [6, 6.07) is 8.15. The fraction of sp³-hybridized carbons (Fsp3) is 0.500. The van der Waals surface area contributed by atoms with Gasteiger partial charge in [0.2, 0.25) is 0 Å². The summed E-state index contributed by atoms with van der Waals surface area (Å²) in [5, 5.41) is 11.8. The molecule has 4 nitrogen and oxygen atoms in total. The number of para-hydroxylation sites is 1. The fourth-order valence-electron chi connectivity index (χ4n) is 2.38. The van der Waals surface area contributed by atoms with E-state index in [0.717, 1.165) is 30.7 Å². The number of benzene rings is 1. The predicted molar refractivity (Wildman–Crippen MR) is 63.1 cm³/mol. The van der Waals surface area contributed by atoms with Crippen molar-refractivity contribution in [1.29, 1.82) is 0 Å². The van der Waals surface area contributed by atoms with Gasteiger partial charge in [-0.25, -0.2) is 4.68 Å². The molecule has 3 rings (SSSR count). The second kappa shape index (κ2) is 4.22. The number of hydrogen-bond acceptors (Lipinski definition) is 3. The Kier molecular flexibility index (Phi) is 2.58. The van der Waals surface area contributed by atoms with E-state index < -0.39 is 0 Å². The van der Waals surface area contributed by atoms with E-state index in [4.69, 9.17) is 0 Å². The third kappa shape index (κ3) is 1.80. The summed E-state index contributed by atoms with van der Waals surface area (Å²) in [6.07, 6.45) is 2.57. The molecule has 1 aromatic carbocycles. The monoisotopic (exact) mass is 216 g/mol. The summed E-state index contributed by atoms with van der Waals surface area (Å²) in [5.41, 5.74) is 2.14. The van der Waals surface area contributed by atoms with Crippen LogP contribution in [0.3, 0.4) is 0 Å². The van der Waals surface area contributed by atoms with Crippen LogP contribution in [0.25, 0.3) is 11.0 Å². The van der Waals surface area contributed by atoms with Crippen molar-refractivity contribution in [3.8, 4) is 0 Å². The summed E-state index contributed by atoms with van der Waals surface area (Å²) in [7, 11) is 0. The molecule has 1 atom stereocenters. The van der Waals surface area contributed by atoms with Crippen LogP contribution in [0.15, 0.2) is 24.3 Å². The van der Waals surface area contributed by atoms with Gasteiger partial charge in [-0.2, -0.15) is 0 Å². The molecule has 84 valence electrons. The summed E-state index contributed by atoms with van der Waals surface area (Å²) in [5.74, 6) is 0.693. The van der Waals surface area contributed by atoms with E-state index in [-0.39, 0.29) is 0 Å². The van der Waals surface area contributed by atoms with Gasteiger partial charge in [-0.05, 0) is 44.0 Å². The maximum atomic E-state index is 4.23. The van der Waals surface area contributed by atoms with Gasteiger partial charge in [-0.1, -0.05) is 17.3 Å². The lowest BCUT2D eigenvalue weighted by Gasteiger charge is -2.22. The highest BCUT2D eigenvalue weighted by Crippen LogP contribution is 2.16. The van der Waals surface area contributed by atoms with Gasteiger partial charge >= 0.3 is 0 Å². The van der Waals surface area contributed by atoms with Gasteiger partial charge in [0, 0.05) is 6.54 Å². The van der Waals surface area contributed by atoms with E-state index in [9.17, 15) is 0 Å². The van der Waals surface area contributed by atoms with Gasteiger partial charge in [0.1, 0.15) is 5.52 Å². The highest BCUT2D eigenvalue weighted by Gasteiger charge is 2.15. The quantitative estimate of drug-likeness (QED) is 0.825. The molecule has 0 radical (unpaired) electrons. The van der Waals surface area contributed by atoms with Crippen LogP contribution in [0.4, 0.5) is 0 Å². The Morgan fingerprint density at radius 2 is 2.31 bits per heavy atom. The third-order valence-corrected chi connectivity index (χ3v) is 3.25. The highest BCUT2D eigenvalue weighted by molar-refractivity contribution is 5.73. The normalized spacial score (nSPS) is 21.4. The van der Waals surface area contributed by atoms with Gasteiger partial charge < -0.3 is 5.32 Å². The highest BCUT2D eigenvalue weighted by atomic mass is 15.4. The first-order chi connectivity index (χ1) is 7.93. The van der Waals surface area contributed by atoms with Crippen molar-refractivity contribution in [1.82, 2.24) is 20.3 Å². The number of rotatable bonds is 2. The van der Waals surface area contributed by atoms with Crippen LogP contribution in [-0.4, -0.2) is 28.1 Å². The first-order valence-corrected chi connectivity index (χ1v) is 5.92. The second-order valence-electron chi connectivity index (χ2n) is 4.47. The molecule has 0 aliphatic carbocycles. The largest absolute Gasteiger partial charge is 0.316 e. The minimum absolute atomic E-state index is 0.693. The van der Waals surface area contributed by atoms with E-state index in [2.05, 4.69) is 21.7 Å². The first-order valence-electron chi connectivity index (χ1n) is 5.92. The SMILES string of the molecule is c1ccc2c(c1)nnn2CC1CCCNC1. The Hall–Kier alpha value is -1.42. The minimum atomic E-state index is 0.693. The van der Waals surface area contributed by atoms with Crippen molar-refractivity contribution < 1.29 is 0 Å². The Morgan fingerprint density at radius 3 is 3.19 bits per heavy atom. The number of hydrogen-bond donors (Lipinski definition) is 1. The van der Waals surface area contributed by atoms with E-state index in [0.29, 0.717) is 5.92 Å². The Morgan fingerprint density at radius 1 is 1.38 bits per heavy atom. The van der Waals surface area contributed by atoms with Crippen molar-refractivity contribution >= 4 is 11.0 Å². The van der Waals surface area contributed by atoms with Crippen molar-refractivity contribution in [2.45, 2.75) is 19.4 Å². The van der Waals surface area contributed by atoms with Gasteiger partial charge in [0.25, 0.3) is 0 Å². The van der Waals surface area contributed by atoms with Crippen molar-refractivity contribution in [3.05, 3.63) is 24.3 Å². The Labute approximate surface area is 94.6 Å². The zero-order valence-electron chi connectivity index (χ0n) is 9.26. The summed E-state index contributed by atoms with van der Waals surface area (Å²) in [6.45, 7) is 3.25. The van der Waals surface area contributed by atoms with Gasteiger partial charge in [0.05, 0.1) is 5.52 Å². The molecular formula is C12H16N4. The lowest BCUT2D eigenvalue weighted by Crippen LogP contribution is -2.32. The summed E-state index contributed by atoms with van der Waals surface area (Å²) < 4.78 is 2.03. The molecule has 2 aromatic rings. The van der Waals surface area contributed by atoms with E-state index in [1.807, 2.05) is 22.9 Å². The molecule has 1 aromatic heterocycles. The van der Waals surface area contributed by atoms with Crippen LogP contribution >= 0.6 is 0 Å². The molecule has 1 aliphatic rings. The molecule has 1 fully saturated rings. The van der Waals surface area contributed by atoms with Crippen LogP contribution < -0.4 is 5.32 Å². The Bertz CT molecular complexity index is 471. The first kappa shape index (κ1) is 9.78. The average molecular weight is 216 g/mol. The summed E-state index contributed by atoms with van der Waals surface area (Å²) >= 11 is 0. The standard InChI is InChI=1S/C12H16N4/c1-2-6-12-11(5-1)14-15-16(12)9-10-4-3-7-13-8-10/h1-2,5-6,10,13H,3-4,7-9H2. The Balaban J connectivity index is 1.83. The molecule has 4 heteroatoms. The van der Waals surface area contributed by atoms with Gasteiger partial charge in [0.15, 0.2) is 0 Å². The predicted octanol–water partition coefficient (Wildman–Crippen LogP) is 1.43. The number of nitrogens with zero attached hydrogens (tertiary/aromatic N) is 3. The zero-order chi connectivity index (χ0) is 10.8. The molecule has 1 aliphatic heterocycles. The molecule has 0 amide bonds. The molecule has 16 heavy (non-hydrogen) atoms. The molecule has 1 saturated heterocycles. The number of aromatic nitrogens is 3. The molecule has 2 heterocycles. The van der Waals surface area contributed by atoms with Crippen molar-refractivity contribution in [3.63, 3.8) is 0 Å². The topological polar surface area (TPSA) is 42.7 Å². The van der Waals surface area contributed by atoms with Crippen LogP contribution in [0.1, 0.15) is 12.8 Å². The molecule has 0 saturated carbocycles. The van der Waals surface area contributed by atoms with Crippen LogP contribution in [-0.2, 0) is 6.54 Å². The average Bonchev–Trinajstić information content (AvgIpc) is 2.74. The lowest BCUT2D eigenvalue weighted by atomic mass is 10.00. The van der Waals surface area contributed by atoms with Crippen molar-refractivity contribution in [2.75, 3.05) is 13.1 Å². The maximum Gasteiger partial charge on any atom is 0.113 e. The molecule has 1 N–H and O–H groups in total. The number of piperidine rings is 1. The molecular weight excluding hydrogens is 200 g/mol. The summed E-state index contributed by atoms with van der Waals surface area (Å²) in [4.78, 5) is 0. The second-order valence-corrected chi connectivity index (χ2v) is 4.47. The van der Waals surface area contributed by atoms with E-state index in [1.54, 1.807) is 0 Å². The smallest absolute Gasteiger partial charge is 0.113 e.